The van der Waals surface area contributed by atoms with Crippen LogP contribution in [-0.2, 0) is 0 Å². The highest BCUT2D eigenvalue weighted by Crippen LogP contribution is 2.33. The Morgan fingerprint density at radius 2 is 1.06 bits per heavy atom. The average molecular weight is 439 g/mol. The summed E-state index contributed by atoms with van der Waals surface area (Å²) in [7, 11) is 0. The maximum atomic E-state index is 3.81. The summed E-state index contributed by atoms with van der Waals surface area (Å²) in [5.74, 6) is 0. The van der Waals surface area contributed by atoms with Crippen molar-refractivity contribution in [3.8, 4) is 0 Å². The maximum absolute atomic E-state index is 3.81. The number of hydrogen-bond donors (Lipinski definition) is 2. The third-order valence-electron chi connectivity index (χ3n) is 6.53. The molecule has 2 heteroatoms. The van der Waals surface area contributed by atoms with Crippen molar-refractivity contribution in [3.05, 3.63) is 139 Å². The molecule has 0 amide bonds. The van der Waals surface area contributed by atoms with Gasteiger partial charge in [-0.1, -0.05) is 103 Å². The number of benzene rings is 5. The van der Waals surface area contributed by atoms with Crippen LogP contribution in [0.5, 0.6) is 0 Å². The van der Waals surface area contributed by atoms with E-state index in [1.165, 1.54) is 32.7 Å². The highest BCUT2D eigenvalue weighted by Gasteiger charge is 2.28. The number of allylic oxidation sites excluding steroid dienone is 2. The van der Waals surface area contributed by atoms with E-state index in [9.17, 15) is 0 Å². The molecule has 34 heavy (non-hydrogen) atoms. The molecule has 0 spiro atoms. The second kappa shape index (κ2) is 8.57. The van der Waals surface area contributed by atoms with E-state index in [0.29, 0.717) is 0 Å². The van der Waals surface area contributed by atoms with E-state index < -0.39 is 5.66 Å². The number of nitrogens with one attached hydrogen (secondary N) is 2. The van der Waals surface area contributed by atoms with E-state index in [2.05, 4.69) is 144 Å². The largest absolute Gasteiger partial charge is 0.359 e. The molecule has 0 bridgehead atoms. The molecular formula is C32H26N2. The molecule has 1 aliphatic carbocycles. The molecule has 2 nitrogen and oxygen atoms in total. The SMILES string of the molecule is C1=CC(Nc2ccc3ccccc3c2)(Nc2ccc3ccccc3c2)CC=C1c1ccccc1. The lowest BCUT2D eigenvalue weighted by Gasteiger charge is -2.36. The van der Waals surface area contributed by atoms with Crippen molar-refractivity contribution in [1.82, 2.24) is 0 Å². The van der Waals surface area contributed by atoms with Gasteiger partial charge in [0.05, 0.1) is 0 Å². The van der Waals surface area contributed by atoms with Crippen LogP contribution in [0.3, 0.4) is 0 Å². The van der Waals surface area contributed by atoms with E-state index >= 15 is 0 Å². The van der Waals surface area contributed by atoms with Crippen molar-refractivity contribution in [3.63, 3.8) is 0 Å². The molecular weight excluding hydrogens is 412 g/mol. The van der Waals surface area contributed by atoms with Gasteiger partial charge in [-0.15, -0.1) is 0 Å². The van der Waals surface area contributed by atoms with Gasteiger partial charge in [-0.25, -0.2) is 0 Å². The maximum Gasteiger partial charge on any atom is 0.131 e. The van der Waals surface area contributed by atoms with E-state index in [1.807, 2.05) is 0 Å². The van der Waals surface area contributed by atoms with Crippen molar-refractivity contribution in [2.24, 2.45) is 0 Å². The summed E-state index contributed by atoms with van der Waals surface area (Å²) < 4.78 is 0. The van der Waals surface area contributed by atoms with Crippen LogP contribution in [0.25, 0.3) is 27.1 Å². The molecule has 0 fully saturated rings. The number of hydrogen-bond acceptors (Lipinski definition) is 2. The van der Waals surface area contributed by atoms with Gasteiger partial charge in [-0.2, -0.15) is 0 Å². The van der Waals surface area contributed by atoms with Crippen LogP contribution >= 0.6 is 0 Å². The monoisotopic (exact) mass is 438 g/mol. The van der Waals surface area contributed by atoms with Crippen molar-refractivity contribution in [2.45, 2.75) is 12.1 Å². The summed E-state index contributed by atoms with van der Waals surface area (Å²) in [5, 5.41) is 12.6. The van der Waals surface area contributed by atoms with Crippen molar-refractivity contribution >= 4 is 38.5 Å². The van der Waals surface area contributed by atoms with E-state index in [0.717, 1.165) is 17.8 Å². The number of rotatable bonds is 5. The lowest BCUT2D eigenvalue weighted by molar-refractivity contribution is 0.660. The lowest BCUT2D eigenvalue weighted by atomic mass is 9.92. The molecule has 0 unspecified atom stereocenters. The zero-order valence-corrected chi connectivity index (χ0v) is 18.9. The normalized spacial score (nSPS) is 14.6. The molecule has 0 atom stereocenters. The van der Waals surface area contributed by atoms with Gasteiger partial charge in [0.2, 0.25) is 0 Å². The minimum atomic E-state index is -0.441. The van der Waals surface area contributed by atoms with Crippen molar-refractivity contribution in [1.29, 1.82) is 0 Å². The second-order valence-corrected chi connectivity index (χ2v) is 8.91. The summed E-state index contributed by atoms with van der Waals surface area (Å²) in [6, 6.07) is 40.7. The Bertz CT molecular complexity index is 1450. The molecule has 5 aromatic rings. The van der Waals surface area contributed by atoms with Crippen molar-refractivity contribution < 1.29 is 0 Å². The molecule has 0 radical (unpaired) electrons. The number of anilines is 2. The van der Waals surface area contributed by atoms with Crippen LogP contribution in [0.2, 0.25) is 0 Å². The van der Waals surface area contributed by atoms with Crippen LogP contribution in [0, 0.1) is 0 Å². The standard InChI is InChI=1S/C32H26N2/c1-2-8-24(9-3-1)27-18-20-32(21-19-27,33-30-16-14-25-10-4-6-12-28(25)22-30)34-31-17-15-26-11-5-7-13-29(26)23-31/h1-20,22-23,33-34H,21H2. The summed E-state index contributed by atoms with van der Waals surface area (Å²) in [4.78, 5) is 0. The highest BCUT2D eigenvalue weighted by molar-refractivity contribution is 5.87. The molecule has 5 aromatic carbocycles. The van der Waals surface area contributed by atoms with Gasteiger partial charge in [0.1, 0.15) is 5.66 Å². The minimum Gasteiger partial charge on any atom is -0.359 e. The smallest absolute Gasteiger partial charge is 0.131 e. The average Bonchev–Trinajstić information content (AvgIpc) is 2.89. The van der Waals surface area contributed by atoms with Gasteiger partial charge in [0.25, 0.3) is 0 Å². The Kier molecular flexibility index (Phi) is 5.12. The summed E-state index contributed by atoms with van der Waals surface area (Å²) in [5.41, 5.74) is 4.23. The predicted octanol–water partition coefficient (Wildman–Crippen LogP) is 8.26. The Labute approximate surface area is 200 Å². The van der Waals surface area contributed by atoms with Crippen LogP contribution in [0.4, 0.5) is 11.4 Å². The molecule has 1 aliphatic rings. The lowest BCUT2D eigenvalue weighted by Crippen LogP contribution is -2.44. The van der Waals surface area contributed by atoms with Crippen LogP contribution in [-0.4, -0.2) is 5.66 Å². The van der Waals surface area contributed by atoms with Gasteiger partial charge in [0.15, 0.2) is 0 Å². The number of fused-ring (bicyclic) bond motifs is 2. The summed E-state index contributed by atoms with van der Waals surface area (Å²) >= 11 is 0. The Balaban J connectivity index is 1.36. The quantitative estimate of drug-likeness (QED) is 0.270. The molecule has 0 heterocycles. The zero-order valence-electron chi connectivity index (χ0n) is 18.9. The van der Waals surface area contributed by atoms with Crippen LogP contribution in [0.15, 0.2) is 133 Å². The fourth-order valence-corrected chi connectivity index (χ4v) is 4.75. The third-order valence-corrected chi connectivity index (χ3v) is 6.53. The molecule has 164 valence electrons. The van der Waals surface area contributed by atoms with Crippen LogP contribution in [0.1, 0.15) is 12.0 Å². The zero-order chi connectivity index (χ0) is 22.8. The van der Waals surface area contributed by atoms with Gasteiger partial charge in [0, 0.05) is 17.8 Å². The third kappa shape index (κ3) is 4.06. The first kappa shape index (κ1) is 20.3. The van der Waals surface area contributed by atoms with Gasteiger partial charge < -0.3 is 10.6 Å². The van der Waals surface area contributed by atoms with Gasteiger partial charge >= 0.3 is 0 Å². The topological polar surface area (TPSA) is 24.1 Å². The molecule has 6 rings (SSSR count). The highest BCUT2D eigenvalue weighted by atomic mass is 15.2. The molecule has 0 saturated heterocycles. The molecule has 0 saturated carbocycles. The fraction of sp³-hybridized carbons (Fsp3) is 0.0625. The van der Waals surface area contributed by atoms with Crippen molar-refractivity contribution in [2.75, 3.05) is 10.6 Å². The van der Waals surface area contributed by atoms with E-state index in [-0.39, 0.29) is 0 Å². The Morgan fingerprint density at radius 3 is 1.59 bits per heavy atom. The second-order valence-electron chi connectivity index (χ2n) is 8.91. The Morgan fingerprint density at radius 1 is 0.529 bits per heavy atom. The molecule has 0 aromatic heterocycles. The predicted molar refractivity (Wildman–Crippen MR) is 146 cm³/mol. The fourth-order valence-electron chi connectivity index (χ4n) is 4.75. The van der Waals surface area contributed by atoms with E-state index in [1.54, 1.807) is 0 Å². The van der Waals surface area contributed by atoms with E-state index in [4.69, 9.17) is 0 Å². The first-order valence-electron chi connectivity index (χ1n) is 11.8. The Hall–Kier alpha value is -4.30. The van der Waals surface area contributed by atoms with Gasteiger partial charge in [-0.05, 0) is 63.0 Å². The van der Waals surface area contributed by atoms with Gasteiger partial charge in [-0.3, -0.25) is 0 Å². The first-order valence-corrected chi connectivity index (χ1v) is 11.8. The van der Waals surface area contributed by atoms with Crippen LogP contribution < -0.4 is 10.6 Å². The summed E-state index contributed by atoms with van der Waals surface area (Å²) in [6.07, 6.45) is 7.62. The first-order chi connectivity index (χ1) is 16.8. The minimum absolute atomic E-state index is 0.441. The molecule has 0 aliphatic heterocycles. The molecule has 2 N–H and O–H groups in total. The summed E-state index contributed by atoms with van der Waals surface area (Å²) in [6.45, 7) is 0.